The number of fused-ring (bicyclic) bond motifs is 4. The Morgan fingerprint density at radius 1 is 1.05 bits per heavy atom. The van der Waals surface area contributed by atoms with Crippen molar-refractivity contribution in [2.45, 2.75) is 43.0 Å². The number of rotatable bonds is 5. The lowest BCUT2D eigenvalue weighted by Crippen LogP contribution is -2.55. The van der Waals surface area contributed by atoms with Crippen LogP contribution in [0.15, 0.2) is 60.7 Å². The zero-order chi connectivity index (χ0) is 25.9. The van der Waals surface area contributed by atoms with Gasteiger partial charge in [0.1, 0.15) is 6.61 Å². The molecule has 1 amide bonds. The maximum absolute atomic E-state index is 13.6. The number of hydrogen-bond donors (Lipinski definition) is 1. The quantitative estimate of drug-likeness (QED) is 0.294. The molecule has 6 rings (SSSR count). The molecule has 3 aliphatic rings. The molecule has 190 valence electrons. The monoisotopic (exact) mass is 557 g/mol. The first-order valence-corrected chi connectivity index (χ1v) is 13.1. The highest BCUT2D eigenvalue weighted by Crippen LogP contribution is 2.58. The molecule has 0 saturated carbocycles. The summed E-state index contributed by atoms with van der Waals surface area (Å²) in [4.78, 5) is 28.1. The zero-order valence-electron chi connectivity index (χ0n) is 19.5. The third-order valence-corrected chi connectivity index (χ3v) is 8.76. The molecule has 0 bridgehead atoms. The van der Waals surface area contributed by atoms with Gasteiger partial charge in [0.2, 0.25) is 0 Å². The van der Waals surface area contributed by atoms with E-state index >= 15 is 0 Å². The third kappa shape index (κ3) is 3.63. The second-order valence-electron chi connectivity index (χ2n) is 9.62. The molecule has 3 heterocycles. The molecule has 3 aromatic rings. The Kier molecular flexibility index (Phi) is 6.07. The fourth-order valence-electron chi connectivity index (χ4n) is 6.45. The fourth-order valence-corrected chi connectivity index (χ4v) is 7.25. The molecular formula is C27H22Cl3N3O4. The Balaban J connectivity index is 1.42. The van der Waals surface area contributed by atoms with Crippen molar-refractivity contribution < 1.29 is 14.5 Å². The molecule has 2 fully saturated rings. The minimum absolute atomic E-state index is 0.163. The molecule has 4 atom stereocenters. The SMILES string of the molecule is O=C1Nc2ccccc2[C@]12[C@H]([N+](=O)[O-])[C@@H](c1cc(Cl)c(OCc3ccccc3Cl)c(Cl)c1)[C@H]1CCCN12. The lowest BCUT2D eigenvalue weighted by Gasteiger charge is -2.32. The van der Waals surface area contributed by atoms with E-state index in [-0.39, 0.29) is 39.3 Å². The molecular weight excluding hydrogens is 537 g/mol. The van der Waals surface area contributed by atoms with E-state index in [0.717, 1.165) is 18.4 Å². The van der Waals surface area contributed by atoms with Crippen LogP contribution in [-0.4, -0.2) is 34.4 Å². The van der Waals surface area contributed by atoms with Gasteiger partial charge in [-0.1, -0.05) is 71.2 Å². The summed E-state index contributed by atoms with van der Waals surface area (Å²) in [5.74, 6) is -0.673. The second-order valence-corrected chi connectivity index (χ2v) is 10.8. The van der Waals surface area contributed by atoms with Crippen LogP contribution in [0.2, 0.25) is 15.1 Å². The van der Waals surface area contributed by atoms with E-state index in [2.05, 4.69) is 5.32 Å². The fraction of sp³-hybridized carbons (Fsp3) is 0.296. The highest BCUT2D eigenvalue weighted by molar-refractivity contribution is 6.37. The Hall–Kier alpha value is -2.84. The number of ether oxygens (including phenoxy) is 1. The van der Waals surface area contributed by atoms with E-state index in [1.54, 1.807) is 24.3 Å². The number of amides is 1. The van der Waals surface area contributed by atoms with Crippen molar-refractivity contribution in [3.8, 4) is 5.75 Å². The van der Waals surface area contributed by atoms with Gasteiger partial charge in [0.05, 0.1) is 16.0 Å². The molecule has 37 heavy (non-hydrogen) atoms. The smallest absolute Gasteiger partial charge is 0.256 e. The Labute approximate surface area is 228 Å². The number of hydrogen-bond acceptors (Lipinski definition) is 5. The molecule has 3 aliphatic heterocycles. The zero-order valence-corrected chi connectivity index (χ0v) is 21.8. The predicted octanol–water partition coefficient (Wildman–Crippen LogP) is 6.28. The van der Waals surface area contributed by atoms with E-state index in [1.807, 2.05) is 41.3 Å². The highest BCUT2D eigenvalue weighted by atomic mass is 35.5. The van der Waals surface area contributed by atoms with Gasteiger partial charge in [-0.05, 0) is 42.7 Å². The van der Waals surface area contributed by atoms with Gasteiger partial charge in [0, 0.05) is 39.3 Å². The molecule has 0 aromatic heterocycles. The molecule has 7 nitrogen and oxygen atoms in total. The number of carbonyl (C=O) groups excluding carboxylic acids is 1. The van der Waals surface area contributed by atoms with E-state index < -0.39 is 17.5 Å². The Bertz CT molecular complexity index is 1410. The molecule has 1 N–H and O–H groups in total. The number of para-hydroxylation sites is 1. The van der Waals surface area contributed by atoms with E-state index in [9.17, 15) is 14.9 Å². The van der Waals surface area contributed by atoms with Crippen molar-refractivity contribution >= 4 is 46.4 Å². The van der Waals surface area contributed by atoms with Crippen molar-refractivity contribution in [2.75, 3.05) is 11.9 Å². The molecule has 3 aromatic carbocycles. The van der Waals surface area contributed by atoms with E-state index in [1.165, 1.54) is 0 Å². The molecule has 0 radical (unpaired) electrons. The minimum atomic E-state index is -1.40. The maximum Gasteiger partial charge on any atom is 0.256 e. The minimum Gasteiger partial charge on any atom is -0.486 e. The lowest BCUT2D eigenvalue weighted by atomic mass is 9.77. The number of halogens is 3. The van der Waals surface area contributed by atoms with Gasteiger partial charge in [-0.3, -0.25) is 19.8 Å². The van der Waals surface area contributed by atoms with Crippen molar-refractivity contribution in [3.63, 3.8) is 0 Å². The highest BCUT2D eigenvalue weighted by Gasteiger charge is 2.73. The first kappa shape index (κ1) is 24.5. The average Bonchev–Trinajstić information content (AvgIpc) is 3.52. The number of benzene rings is 3. The summed E-state index contributed by atoms with van der Waals surface area (Å²) in [6, 6.07) is 16.5. The summed E-state index contributed by atoms with van der Waals surface area (Å²) in [5.41, 5.74) is 1.26. The molecule has 1 spiro atoms. The van der Waals surface area contributed by atoms with E-state index in [0.29, 0.717) is 28.4 Å². The van der Waals surface area contributed by atoms with Gasteiger partial charge in [-0.25, -0.2) is 0 Å². The summed E-state index contributed by atoms with van der Waals surface area (Å²) in [6.07, 6.45) is 1.56. The van der Waals surface area contributed by atoms with Gasteiger partial charge in [0.15, 0.2) is 11.3 Å². The molecule has 10 heteroatoms. The van der Waals surface area contributed by atoms with Crippen LogP contribution in [0.5, 0.6) is 5.75 Å². The van der Waals surface area contributed by atoms with Crippen LogP contribution in [0.4, 0.5) is 5.69 Å². The lowest BCUT2D eigenvalue weighted by molar-refractivity contribution is -0.534. The first-order valence-electron chi connectivity index (χ1n) is 12.0. The Morgan fingerprint density at radius 2 is 1.76 bits per heavy atom. The number of nitrogens with one attached hydrogen (secondary N) is 1. The summed E-state index contributed by atoms with van der Waals surface area (Å²) < 4.78 is 5.91. The van der Waals surface area contributed by atoms with Crippen LogP contribution in [0.1, 0.15) is 35.4 Å². The Morgan fingerprint density at radius 3 is 2.49 bits per heavy atom. The van der Waals surface area contributed by atoms with Crippen molar-refractivity contribution in [3.05, 3.63) is 103 Å². The van der Waals surface area contributed by atoms with Gasteiger partial charge in [0.25, 0.3) is 11.9 Å². The summed E-state index contributed by atoms with van der Waals surface area (Å²) >= 11 is 19.5. The first-order chi connectivity index (χ1) is 17.8. The van der Waals surface area contributed by atoms with Crippen LogP contribution in [0, 0.1) is 10.1 Å². The summed E-state index contributed by atoms with van der Waals surface area (Å²) in [6.45, 7) is 0.754. The number of nitrogens with zero attached hydrogens (tertiary/aromatic N) is 2. The van der Waals surface area contributed by atoms with Gasteiger partial charge in [-0.15, -0.1) is 0 Å². The molecule has 0 aliphatic carbocycles. The molecule has 0 unspecified atom stereocenters. The van der Waals surface area contributed by atoms with Gasteiger partial charge in [-0.2, -0.15) is 0 Å². The van der Waals surface area contributed by atoms with Crippen LogP contribution < -0.4 is 10.1 Å². The average molecular weight is 559 g/mol. The summed E-state index contributed by atoms with van der Waals surface area (Å²) in [5, 5.41) is 16.7. The van der Waals surface area contributed by atoms with Crippen molar-refractivity contribution in [2.24, 2.45) is 0 Å². The largest absolute Gasteiger partial charge is 0.486 e. The van der Waals surface area contributed by atoms with Crippen LogP contribution >= 0.6 is 34.8 Å². The van der Waals surface area contributed by atoms with Crippen molar-refractivity contribution in [1.82, 2.24) is 4.90 Å². The van der Waals surface area contributed by atoms with Crippen LogP contribution in [-0.2, 0) is 16.9 Å². The van der Waals surface area contributed by atoms with Gasteiger partial charge >= 0.3 is 0 Å². The third-order valence-electron chi connectivity index (χ3n) is 7.83. The second kappa shape index (κ2) is 9.17. The number of carbonyl (C=O) groups is 1. The topological polar surface area (TPSA) is 84.7 Å². The van der Waals surface area contributed by atoms with Crippen LogP contribution in [0.3, 0.4) is 0 Å². The maximum atomic E-state index is 13.6. The van der Waals surface area contributed by atoms with Crippen LogP contribution in [0.25, 0.3) is 0 Å². The van der Waals surface area contributed by atoms with E-state index in [4.69, 9.17) is 39.5 Å². The van der Waals surface area contributed by atoms with Gasteiger partial charge < -0.3 is 10.1 Å². The van der Waals surface area contributed by atoms with Crippen molar-refractivity contribution in [1.29, 1.82) is 0 Å². The molecule has 2 saturated heterocycles. The standard InChI is InChI=1S/C27H22Cl3N3O4/c28-18-8-3-1-6-15(18)14-37-24-19(29)12-16(13-20(24)30)23-22-10-5-11-32(22)27(25(23)33(35)36)17-7-2-4-9-21(17)31-26(27)34/h1-4,6-9,12-13,22-23,25H,5,10-11,14H2,(H,31,34)/t22-,23+,25-,27+/m1/s1. The number of anilines is 1. The summed E-state index contributed by atoms with van der Waals surface area (Å²) in [7, 11) is 0. The number of nitro groups is 1. The normalized spacial score (nSPS) is 26.2. The predicted molar refractivity (Wildman–Crippen MR) is 142 cm³/mol.